The number of hydrogen-bond donors (Lipinski definition) is 1. The molecule has 2 atom stereocenters. The Bertz CT molecular complexity index is 147. The molecule has 2 heteroatoms. The predicted molar refractivity (Wildman–Crippen MR) is 55.8 cm³/mol. The fraction of sp³-hybridized carbons (Fsp3) is 1.00. The zero-order valence-corrected chi connectivity index (χ0v) is 9.16. The van der Waals surface area contributed by atoms with Gasteiger partial charge in [0.25, 0.3) is 0 Å². The standard InChI is InChI=1S/C11H23NO/c1-4-5-6-10-7-11(13)8-12(10)9(2)3/h9-11,13H,4-8H2,1-3H3. The molecule has 13 heavy (non-hydrogen) atoms. The van der Waals surface area contributed by atoms with E-state index in [2.05, 4.69) is 25.7 Å². The van der Waals surface area contributed by atoms with Gasteiger partial charge < -0.3 is 5.11 Å². The molecule has 0 saturated carbocycles. The van der Waals surface area contributed by atoms with Crippen LogP contribution < -0.4 is 0 Å². The van der Waals surface area contributed by atoms with Crippen molar-refractivity contribution < 1.29 is 5.11 Å². The lowest BCUT2D eigenvalue weighted by Crippen LogP contribution is -2.35. The van der Waals surface area contributed by atoms with Crippen LogP contribution in [0.3, 0.4) is 0 Å². The van der Waals surface area contributed by atoms with Gasteiger partial charge in [0.05, 0.1) is 6.10 Å². The molecule has 1 saturated heterocycles. The third kappa shape index (κ3) is 2.96. The average Bonchev–Trinajstić information content (AvgIpc) is 2.43. The van der Waals surface area contributed by atoms with Gasteiger partial charge in [0, 0.05) is 18.6 Å². The minimum atomic E-state index is -0.0794. The Kier molecular flexibility index (Phi) is 4.20. The number of aliphatic hydroxyl groups is 1. The minimum Gasteiger partial charge on any atom is -0.392 e. The maximum atomic E-state index is 9.58. The van der Waals surface area contributed by atoms with Crippen molar-refractivity contribution in [3.8, 4) is 0 Å². The highest BCUT2D eigenvalue weighted by molar-refractivity contribution is 4.86. The van der Waals surface area contributed by atoms with E-state index in [9.17, 15) is 5.11 Å². The second-order valence-corrected chi connectivity index (χ2v) is 4.48. The molecule has 1 fully saturated rings. The molecule has 0 aliphatic carbocycles. The molecular formula is C11H23NO. The third-order valence-corrected chi connectivity index (χ3v) is 2.99. The summed E-state index contributed by atoms with van der Waals surface area (Å²) in [5.74, 6) is 0. The molecule has 1 heterocycles. The van der Waals surface area contributed by atoms with E-state index in [1.807, 2.05) is 0 Å². The normalized spacial score (nSPS) is 30.2. The van der Waals surface area contributed by atoms with Gasteiger partial charge in [-0.3, -0.25) is 4.90 Å². The number of likely N-dealkylation sites (tertiary alicyclic amines) is 1. The van der Waals surface area contributed by atoms with Crippen molar-refractivity contribution in [1.82, 2.24) is 4.90 Å². The first-order valence-corrected chi connectivity index (χ1v) is 5.59. The lowest BCUT2D eigenvalue weighted by Gasteiger charge is -2.27. The van der Waals surface area contributed by atoms with Crippen LogP contribution in [0.5, 0.6) is 0 Å². The van der Waals surface area contributed by atoms with Crippen molar-refractivity contribution in [2.24, 2.45) is 0 Å². The zero-order valence-electron chi connectivity index (χ0n) is 9.16. The minimum absolute atomic E-state index is 0.0794. The summed E-state index contributed by atoms with van der Waals surface area (Å²) < 4.78 is 0. The summed E-state index contributed by atoms with van der Waals surface area (Å²) >= 11 is 0. The monoisotopic (exact) mass is 185 g/mol. The van der Waals surface area contributed by atoms with Crippen LogP contribution >= 0.6 is 0 Å². The predicted octanol–water partition coefficient (Wildman–Crippen LogP) is 2.02. The van der Waals surface area contributed by atoms with E-state index in [1.165, 1.54) is 19.3 Å². The first-order valence-electron chi connectivity index (χ1n) is 5.59. The lowest BCUT2D eigenvalue weighted by molar-refractivity contribution is 0.157. The van der Waals surface area contributed by atoms with Gasteiger partial charge in [-0.1, -0.05) is 19.8 Å². The summed E-state index contributed by atoms with van der Waals surface area (Å²) in [6, 6.07) is 1.22. The van der Waals surface area contributed by atoms with Crippen LogP contribution in [-0.4, -0.2) is 34.7 Å². The van der Waals surface area contributed by atoms with E-state index >= 15 is 0 Å². The molecule has 0 bridgehead atoms. The van der Waals surface area contributed by atoms with Gasteiger partial charge in [-0.25, -0.2) is 0 Å². The van der Waals surface area contributed by atoms with E-state index in [1.54, 1.807) is 0 Å². The molecular weight excluding hydrogens is 162 g/mol. The molecule has 2 unspecified atom stereocenters. The van der Waals surface area contributed by atoms with E-state index < -0.39 is 0 Å². The molecule has 0 aromatic rings. The van der Waals surface area contributed by atoms with Gasteiger partial charge in [-0.05, 0) is 26.7 Å². The first-order chi connectivity index (χ1) is 6.15. The first kappa shape index (κ1) is 11.0. The quantitative estimate of drug-likeness (QED) is 0.724. The molecule has 1 rings (SSSR count). The lowest BCUT2D eigenvalue weighted by atomic mass is 10.1. The molecule has 1 aliphatic rings. The molecule has 0 spiro atoms. The van der Waals surface area contributed by atoms with Crippen LogP contribution in [0.2, 0.25) is 0 Å². The molecule has 0 amide bonds. The summed E-state index contributed by atoms with van der Waals surface area (Å²) in [6.45, 7) is 7.55. The van der Waals surface area contributed by atoms with Crippen LogP contribution in [0.25, 0.3) is 0 Å². The Labute approximate surface area is 81.9 Å². The Morgan fingerprint density at radius 1 is 1.46 bits per heavy atom. The number of hydrogen-bond acceptors (Lipinski definition) is 2. The maximum absolute atomic E-state index is 9.58. The van der Waals surface area contributed by atoms with Gasteiger partial charge >= 0.3 is 0 Å². The summed E-state index contributed by atoms with van der Waals surface area (Å²) in [4.78, 5) is 2.44. The number of rotatable bonds is 4. The van der Waals surface area contributed by atoms with Crippen molar-refractivity contribution >= 4 is 0 Å². The molecule has 2 nitrogen and oxygen atoms in total. The van der Waals surface area contributed by atoms with Gasteiger partial charge in [-0.2, -0.15) is 0 Å². The van der Waals surface area contributed by atoms with Crippen LogP contribution in [0.15, 0.2) is 0 Å². The van der Waals surface area contributed by atoms with Crippen molar-refractivity contribution in [3.63, 3.8) is 0 Å². The van der Waals surface area contributed by atoms with E-state index in [4.69, 9.17) is 0 Å². The van der Waals surface area contributed by atoms with E-state index in [0.29, 0.717) is 12.1 Å². The highest BCUT2D eigenvalue weighted by Crippen LogP contribution is 2.24. The molecule has 1 aliphatic heterocycles. The Balaban J connectivity index is 2.41. The highest BCUT2D eigenvalue weighted by atomic mass is 16.3. The Morgan fingerprint density at radius 2 is 2.15 bits per heavy atom. The second kappa shape index (κ2) is 4.97. The van der Waals surface area contributed by atoms with Gasteiger partial charge in [0.1, 0.15) is 0 Å². The molecule has 0 aromatic carbocycles. The number of nitrogens with zero attached hydrogens (tertiary/aromatic N) is 1. The SMILES string of the molecule is CCCCC1CC(O)CN1C(C)C. The molecule has 1 N–H and O–H groups in total. The van der Waals surface area contributed by atoms with Gasteiger partial charge in [-0.15, -0.1) is 0 Å². The smallest absolute Gasteiger partial charge is 0.0682 e. The summed E-state index contributed by atoms with van der Waals surface area (Å²) in [7, 11) is 0. The Morgan fingerprint density at radius 3 is 2.69 bits per heavy atom. The summed E-state index contributed by atoms with van der Waals surface area (Å²) in [6.07, 6.45) is 4.72. The van der Waals surface area contributed by atoms with E-state index in [-0.39, 0.29) is 6.10 Å². The van der Waals surface area contributed by atoms with Crippen LogP contribution in [-0.2, 0) is 0 Å². The van der Waals surface area contributed by atoms with Gasteiger partial charge in [0.2, 0.25) is 0 Å². The van der Waals surface area contributed by atoms with Gasteiger partial charge in [0.15, 0.2) is 0 Å². The second-order valence-electron chi connectivity index (χ2n) is 4.48. The molecule has 0 aromatic heterocycles. The fourth-order valence-electron chi connectivity index (χ4n) is 2.27. The number of unbranched alkanes of at least 4 members (excludes halogenated alkanes) is 1. The average molecular weight is 185 g/mol. The largest absolute Gasteiger partial charge is 0.392 e. The summed E-state index contributed by atoms with van der Waals surface area (Å²) in [5.41, 5.74) is 0. The van der Waals surface area contributed by atoms with Crippen LogP contribution in [0, 0.1) is 0 Å². The van der Waals surface area contributed by atoms with Crippen molar-refractivity contribution in [1.29, 1.82) is 0 Å². The highest BCUT2D eigenvalue weighted by Gasteiger charge is 2.31. The molecule has 0 radical (unpaired) electrons. The Hall–Kier alpha value is -0.0800. The molecule has 78 valence electrons. The number of aliphatic hydroxyl groups excluding tert-OH is 1. The van der Waals surface area contributed by atoms with Crippen LogP contribution in [0.4, 0.5) is 0 Å². The van der Waals surface area contributed by atoms with Crippen molar-refractivity contribution in [2.75, 3.05) is 6.54 Å². The topological polar surface area (TPSA) is 23.5 Å². The fourth-order valence-corrected chi connectivity index (χ4v) is 2.27. The number of β-amino-alcohol motifs (C(OH)–C–C–N with tert-alkyl or cyclic N) is 1. The van der Waals surface area contributed by atoms with Crippen LogP contribution in [0.1, 0.15) is 46.5 Å². The zero-order chi connectivity index (χ0) is 9.84. The summed E-state index contributed by atoms with van der Waals surface area (Å²) in [5, 5.41) is 9.58. The van der Waals surface area contributed by atoms with Crippen molar-refractivity contribution in [2.45, 2.75) is 64.6 Å². The third-order valence-electron chi connectivity index (χ3n) is 2.99. The van der Waals surface area contributed by atoms with E-state index in [0.717, 1.165) is 13.0 Å². The maximum Gasteiger partial charge on any atom is 0.0682 e. The van der Waals surface area contributed by atoms with Crippen molar-refractivity contribution in [3.05, 3.63) is 0 Å².